The number of halogens is 2. The van der Waals surface area contributed by atoms with Crippen LogP contribution in [0.3, 0.4) is 0 Å². The lowest BCUT2D eigenvalue weighted by molar-refractivity contribution is -0.123. The van der Waals surface area contributed by atoms with Crippen LogP contribution in [0.4, 0.5) is 4.39 Å². The number of nitrogens with zero attached hydrogens (tertiary/aromatic N) is 1. The number of hydrogen-bond acceptors (Lipinski definition) is 3. The molecule has 0 saturated carbocycles. The number of amides is 1. The Bertz CT molecular complexity index is 589. The topological polar surface area (TPSA) is 32.3 Å². The van der Waals surface area contributed by atoms with Gasteiger partial charge >= 0.3 is 0 Å². The first-order valence-electron chi connectivity index (χ1n) is 6.83. The Morgan fingerprint density at radius 2 is 2.10 bits per heavy atom. The standard InChI is InChI=1S/C15H16ClFN2OS/c1-8-9(2)18-14(20)13(8)19-3-4-21-15(19)10-5-11(16)7-12(17)6-10/h3-9,13,15H,1-2H3,(H,18,20)/t8-,9-,13+,15?/m1/s1. The van der Waals surface area contributed by atoms with E-state index >= 15 is 0 Å². The molecule has 0 aromatic heterocycles. The van der Waals surface area contributed by atoms with Gasteiger partial charge in [-0.05, 0) is 36.1 Å². The Labute approximate surface area is 132 Å². The molecular formula is C15H16ClFN2OS. The Balaban J connectivity index is 1.92. The Kier molecular flexibility index (Phi) is 3.88. The van der Waals surface area contributed by atoms with E-state index in [2.05, 4.69) is 12.2 Å². The average Bonchev–Trinajstić information content (AvgIpc) is 2.94. The van der Waals surface area contributed by atoms with E-state index in [9.17, 15) is 9.18 Å². The fourth-order valence-electron chi connectivity index (χ4n) is 2.90. The van der Waals surface area contributed by atoms with Gasteiger partial charge in [-0.25, -0.2) is 4.39 Å². The maximum atomic E-state index is 13.6. The molecule has 0 bridgehead atoms. The number of thioether (sulfide) groups is 1. The normalized spacial score (nSPS) is 31.8. The number of rotatable bonds is 2. The molecule has 4 atom stereocenters. The zero-order chi connectivity index (χ0) is 15.1. The summed E-state index contributed by atoms with van der Waals surface area (Å²) in [7, 11) is 0. The van der Waals surface area contributed by atoms with E-state index in [1.165, 1.54) is 12.1 Å². The zero-order valence-corrected chi connectivity index (χ0v) is 13.3. The van der Waals surface area contributed by atoms with Gasteiger partial charge in [0.25, 0.3) is 0 Å². The molecule has 1 fully saturated rings. The summed E-state index contributed by atoms with van der Waals surface area (Å²) in [5.74, 6) is -0.149. The second-order valence-electron chi connectivity index (χ2n) is 5.52. The van der Waals surface area contributed by atoms with Crippen LogP contribution in [0.5, 0.6) is 0 Å². The van der Waals surface area contributed by atoms with Crippen LogP contribution in [0.25, 0.3) is 0 Å². The predicted molar refractivity (Wildman–Crippen MR) is 83.3 cm³/mol. The van der Waals surface area contributed by atoms with Crippen molar-refractivity contribution >= 4 is 29.3 Å². The molecule has 2 aliphatic heterocycles. The molecule has 6 heteroatoms. The number of hydrogen-bond donors (Lipinski definition) is 1. The summed E-state index contributed by atoms with van der Waals surface area (Å²) in [4.78, 5) is 14.2. The predicted octanol–water partition coefficient (Wildman–Crippen LogP) is 3.52. The maximum Gasteiger partial charge on any atom is 0.243 e. The molecule has 1 unspecified atom stereocenters. The van der Waals surface area contributed by atoms with Gasteiger partial charge in [-0.2, -0.15) is 0 Å². The van der Waals surface area contributed by atoms with Crippen molar-refractivity contribution in [2.75, 3.05) is 0 Å². The van der Waals surface area contributed by atoms with Gasteiger partial charge in [0.15, 0.2) is 0 Å². The van der Waals surface area contributed by atoms with Gasteiger partial charge in [0, 0.05) is 23.2 Å². The van der Waals surface area contributed by atoms with Crippen LogP contribution in [0.15, 0.2) is 29.8 Å². The van der Waals surface area contributed by atoms with Crippen LogP contribution in [0.1, 0.15) is 24.8 Å². The fraction of sp³-hybridized carbons (Fsp3) is 0.400. The minimum Gasteiger partial charge on any atom is -0.351 e. The molecule has 0 aliphatic carbocycles. The summed E-state index contributed by atoms with van der Waals surface area (Å²) in [6, 6.07) is 4.42. The molecule has 1 aromatic rings. The third-order valence-corrected chi connectivity index (χ3v) is 5.40. The first-order valence-corrected chi connectivity index (χ1v) is 8.15. The first-order chi connectivity index (χ1) is 9.97. The van der Waals surface area contributed by atoms with Gasteiger partial charge in [-0.1, -0.05) is 18.5 Å². The maximum absolute atomic E-state index is 13.6. The molecule has 3 nitrogen and oxygen atoms in total. The molecule has 112 valence electrons. The van der Waals surface area contributed by atoms with Crippen LogP contribution >= 0.6 is 23.4 Å². The van der Waals surface area contributed by atoms with Crippen molar-refractivity contribution in [2.24, 2.45) is 5.92 Å². The first kappa shape index (κ1) is 14.7. The van der Waals surface area contributed by atoms with Crippen molar-refractivity contribution in [3.05, 3.63) is 46.2 Å². The van der Waals surface area contributed by atoms with Crippen LogP contribution in [0.2, 0.25) is 5.02 Å². The van der Waals surface area contributed by atoms with Crippen molar-refractivity contribution in [1.29, 1.82) is 0 Å². The molecule has 2 heterocycles. The van der Waals surface area contributed by atoms with Crippen molar-refractivity contribution < 1.29 is 9.18 Å². The van der Waals surface area contributed by atoms with E-state index in [0.29, 0.717) is 5.02 Å². The van der Waals surface area contributed by atoms with Gasteiger partial charge in [0.1, 0.15) is 17.2 Å². The molecule has 0 radical (unpaired) electrons. The SMILES string of the molecule is C[C@H]1[C@H](N2C=CSC2c2cc(F)cc(Cl)c2)C(=O)N[C@@H]1C. The van der Waals surface area contributed by atoms with Crippen LogP contribution in [-0.2, 0) is 4.79 Å². The summed E-state index contributed by atoms with van der Waals surface area (Å²) in [5.41, 5.74) is 0.773. The summed E-state index contributed by atoms with van der Waals surface area (Å²) >= 11 is 7.50. The van der Waals surface area contributed by atoms with E-state index in [4.69, 9.17) is 11.6 Å². The van der Waals surface area contributed by atoms with Crippen LogP contribution in [-0.4, -0.2) is 22.9 Å². The molecule has 21 heavy (non-hydrogen) atoms. The fourth-order valence-corrected chi connectivity index (χ4v) is 4.12. The van der Waals surface area contributed by atoms with Gasteiger partial charge in [0.05, 0.1) is 0 Å². The van der Waals surface area contributed by atoms with Gasteiger partial charge in [0.2, 0.25) is 5.91 Å². The number of benzene rings is 1. The monoisotopic (exact) mass is 326 g/mol. The minimum atomic E-state index is -0.359. The number of carbonyl (C=O) groups is 1. The quantitative estimate of drug-likeness (QED) is 0.902. The zero-order valence-electron chi connectivity index (χ0n) is 11.7. The third-order valence-electron chi connectivity index (χ3n) is 4.13. The number of carbonyl (C=O) groups excluding carboxylic acids is 1. The lowest BCUT2D eigenvalue weighted by atomic mass is 9.98. The van der Waals surface area contributed by atoms with Gasteiger partial charge in [-0.3, -0.25) is 4.79 Å². The van der Waals surface area contributed by atoms with Gasteiger partial charge < -0.3 is 10.2 Å². The molecule has 1 saturated heterocycles. The van der Waals surface area contributed by atoms with Crippen LogP contribution < -0.4 is 5.32 Å². The second kappa shape index (κ2) is 5.54. The molecule has 0 spiro atoms. The minimum absolute atomic E-state index is 0.0228. The average molecular weight is 327 g/mol. The molecule has 1 aromatic carbocycles. The molecule has 1 N–H and O–H groups in total. The Morgan fingerprint density at radius 3 is 2.71 bits per heavy atom. The van der Waals surface area contributed by atoms with Crippen molar-refractivity contribution in [1.82, 2.24) is 10.2 Å². The van der Waals surface area contributed by atoms with E-state index < -0.39 is 0 Å². The summed E-state index contributed by atoms with van der Waals surface area (Å²) in [6.45, 7) is 4.06. The van der Waals surface area contributed by atoms with Gasteiger partial charge in [-0.15, -0.1) is 11.8 Å². The smallest absolute Gasteiger partial charge is 0.243 e. The summed E-state index contributed by atoms with van der Waals surface area (Å²) in [5, 5.41) is 5.15. The van der Waals surface area contributed by atoms with Crippen LogP contribution in [0, 0.1) is 11.7 Å². The highest BCUT2D eigenvalue weighted by molar-refractivity contribution is 8.02. The highest BCUT2D eigenvalue weighted by Crippen LogP contribution is 2.43. The Hall–Kier alpha value is -1.20. The second-order valence-corrected chi connectivity index (χ2v) is 6.95. The summed E-state index contributed by atoms with van der Waals surface area (Å²) in [6.07, 6.45) is 1.91. The molecule has 1 amide bonds. The highest BCUT2D eigenvalue weighted by atomic mass is 35.5. The third kappa shape index (κ3) is 2.64. The Morgan fingerprint density at radius 1 is 1.33 bits per heavy atom. The van der Waals surface area contributed by atoms with E-state index in [1.54, 1.807) is 17.8 Å². The van der Waals surface area contributed by atoms with Crippen molar-refractivity contribution in [2.45, 2.75) is 31.3 Å². The van der Waals surface area contributed by atoms with Crippen molar-refractivity contribution in [3.63, 3.8) is 0 Å². The lowest BCUT2D eigenvalue weighted by Gasteiger charge is -2.32. The van der Waals surface area contributed by atoms with E-state index in [0.717, 1.165) is 5.56 Å². The summed E-state index contributed by atoms with van der Waals surface area (Å²) < 4.78 is 13.6. The highest BCUT2D eigenvalue weighted by Gasteiger charge is 2.43. The number of nitrogens with one attached hydrogen (secondary N) is 1. The molecular weight excluding hydrogens is 311 g/mol. The largest absolute Gasteiger partial charge is 0.351 e. The van der Waals surface area contributed by atoms with E-state index in [-0.39, 0.29) is 35.1 Å². The molecule has 2 aliphatic rings. The van der Waals surface area contributed by atoms with E-state index in [1.807, 2.05) is 23.4 Å². The lowest BCUT2D eigenvalue weighted by Crippen LogP contribution is -2.40. The van der Waals surface area contributed by atoms with Crippen molar-refractivity contribution in [3.8, 4) is 0 Å². The molecule has 3 rings (SSSR count).